The van der Waals surface area contributed by atoms with Crippen molar-refractivity contribution in [3.63, 3.8) is 0 Å². The minimum absolute atomic E-state index is 0.208. The maximum atomic E-state index is 12.9. The molecule has 1 saturated carbocycles. The Bertz CT molecular complexity index is 387. The van der Waals surface area contributed by atoms with Crippen LogP contribution in [0.5, 0.6) is 0 Å². The van der Waals surface area contributed by atoms with Gasteiger partial charge in [-0.15, -0.1) is 0 Å². The smallest absolute Gasteiger partial charge is 0.124 e. The molecule has 1 fully saturated rings. The van der Waals surface area contributed by atoms with Crippen molar-refractivity contribution in [1.29, 1.82) is 0 Å². The van der Waals surface area contributed by atoms with E-state index in [1.54, 1.807) is 6.07 Å². The summed E-state index contributed by atoms with van der Waals surface area (Å²) in [5.41, 5.74) is 6.26. The molecule has 1 unspecified atom stereocenters. The van der Waals surface area contributed by atoms with Gasteiger partial charge in [0.25, 0.3) is 0 Å². The first-order valence-corrected chi connectivity index (χ1v) is 6.21. The van der Waals surface area contributed by atoms with Gasteiger partial charge in [0.1, 0.15) is 5.82 Å². The zero-order valence-corrected chi connectivity index (χ0v) is 10.5. The van der Waals surface area contributed by atoms with Gasteiger partial charge in [-0.1, -0.05) is 28.4 Å². The van der Waals surface area contributed by atoms with Crippen LogP contribution in [0.3, 0.4) is 0 Å². The van der Waals surface area contributed by atoms with Gasteiger partial charge in [-0.25, -0.2) is 4.39 Å². The van der Waals surface area contributed by atoms with E-state index in [0.29, 0.717) is 11.0 Å². The molecule has 88 valence electrons. The van der Waals surface area contributed by atoms with Crippen LogP contribution in [0.25, 0.3) is 0 Å². The highest BCUT2D eigenvalue weighted by Gasteiger charge is 2.43. The second-order valence-electron chi connectivity index (χ2n) is 4.49. The Morgan fingerprint density at radius 2 is 2.19 bits per heavy atom. The molecule has 0 bridgehead atoms. The molecular weight excluding hydrogens is 273 g/mol. The number of nitrogens with two attached hydrogens (primary N) is 1. The lowest BCUT2D eigenvalue weighted by Crippen LogP contribution is -2.42. The molecule has 0 aliphatic heterocycles. The van der Waals surface area contributed by atoms with E-state index in [-0.39, 0.29) is 11.2 Å². The summed E-state index contributed by atoms with van der Waals surface area (Å²) in [5.74, 6) is -0.307. The molecule has 1 atom stereocenters. The highest BCUT2D eigenvalue weighted by atomic mass is 79.9. The molecule has 1 aliphatic carbocycles. The van der Waals surface area contributed by atoms with E-state index >= 15 is 0 Å². The van der Waals surface area contributed by atoms with Crippen LogP contribution in [0.1, 0.15) is 30.9 Å². The molecule has 3 N–H and O–H groups in total. The number of aliphatic hydroxyl groups is 1. The van der Waals surface area contributed by atoms with Gasteiger partial charge in [-0.05, 0) is 30.5 Å². The summed E-state index contributed by atoms with van der Waals surface area (Å²) < 4.78 is 13.6. The Hall–Kier alpha value is -0.450. The van der Waals surface area contributed by atoms with E-state index in [9.17, 15) is 9.50 Å². The number of hydrogen-bond acceptors (Lipinski definition) is 2. The van der Waals surface area contributed by atoms with E-state index in [4.69, 9.17) is 5.73 Å². The molecule has 2 nitrogen and oxygen atoms in total. The second-order valence-corrected chi connectivity index (χ2v) is 5.34. The summed E-state index contributed by atoms with van der Waals surface area (Å²) in [6.07, 6.45) is 2.37. The standard InChI is InChI=1S/C12H15BrFNO/c13-10-6-8(14)2-3-9(10)11(16)12(7-15)4-1-5-12/h2-3,6,11,16H,1,4-5,7,15H2. The fourth-order valence-electron chi connectivity index (χ4n) is 2.27. The van der Waals surface area contributed by atoms with Gasteiger partial charge in [0.15, 0.2) is 0 Å². The van der Waals surface area contributed by atoms with Crippen molar-refractivity contribution < 1.29 is 9.50 Å². The Morgan fingerprint density at radius 3 is 2.62 bits per heavy atom. The Labute approximate surface area is 103 Å². The van der Waals surface area contributed by atoms with Crippen molar-refractivity contribution in [2.75, 3.05) is 6.54 Å². The average Bonchev–Trinajstić information content (AvgIpc) is 2.16. The van der Waals surface area contributed by atoms with Crippen molar-refractivity contribution in [1.82, 2.24) is 0 Å². The molecule has 16 heavy (non-hydrogen) atoms. The van der Waals surface area contributed by atoms with Crippen LogP contribution in [-0.4, -0.2) is 11.7 Å². The van der Waals surface area contributed by atoms with Crippen LogP contribution in [0.2, 0.25) is 0 Å². The van der Waals surface area contributed by atoms with Gasteiger partial charge in [0.2, 0.25) is 0 Å². The molecule has 1 aromatic carbocycles. The zero-order valence-electron chi connectivity index (χ0n) is 8.92. The lowest BCUT2D eigenvalue weighted by molar-refractivity contribution is -0.0301. The van der Waals surface area contributed by atoms with Crippen molar-refractivity contribution >= 4 is 15.9 Å². The number of benzene rings is 1. The van der Waals surface area contributed by atoms with Gasteiger partial charge in [-0.3, -0.25) is 0 Å². The van der Waals surface area contributed by atoms with E-state index in [1.807, 2.05) is 0 Å². The van der Waals surface area contributed by atoms with Crippen LogP contribution in [0, 0.1) is 11.2 Å². The molecule has 0 amide bonds. The molecule has 2 rings (SSSR count). The highest BCUT2D eigenvalue weighted by molar-refractivity contribution is 9.10. The van der Waals surface area contributed by atoms with Crippen LogP contribution in [-0.2, 0) is 0 Å². The van der Waals surface area contributed by atoms with Crippen LogP contribution >= 0.6 is 15.9 Å². The molecule has 0 spiro atoms. The predicted molar refractivity (Wildman–Crippen MR) is 64.4 cm³/mol. The summed E-state index contributed by atoms with van der Waals surface area (Å²) in [5, 5.41) is 10.3. The van der Waals surface area contributed by atoms with Crippen molar-refractivity contribution in [3.8, 4) is 0 Å². The third-order valence-corrected chi connectivity index (χ3v) is 4.28. The van der Waals surface area contributed by atoms with Gasteiger partial charge in [-0.2, -0.15) is 0 Å². The number of halogens is 2. The first-order chi connectivity index (χ1) is 7.59. The monoisotopic (exact) mass is 287 g/mol. The molecule has 0 saturated heterocycles. The van der Waals surface area contributed by atoms with Crippen LogP contribution in [0.4, 0.5) is 4.39 Å². The lowest BCUT2D eigenvalue weighted by Gasteiger charge is -2.45. The Morgan fingerprint density at radius 1 is 1.50 bits per heavy atom. The highest BCUT2D eigenvalue weighted by Crippen LogP contribution is 2.50. The first-order valence-electron chi connectivity index (χ1n) is 5.42. The third kappa shape index (κ3) is 1.90. The Kier molecular flexibility index (Phi) is 3.33. The predicted octanol–water partition coefficient (Wildman–Crippen LogP) is 2.75. The fraction of sp³-hybridized carbons (Fsp3) is 0.500. The first kappa shape index (κ1) is 12.0. The fourth-order valence-corrected chi connectivity index (χ4v) is 2.84. The minimum Gasteiger partial charge on any atom is -0.388 e. The molecule has 1 aliphatic rings. The summed E-state index contributed by atoms with van der Waals surface area (Å²) >= 11 is 3.28. The van der Waals surface area contributed by atoms with E-state index in [0.717, 1.165) is 24.8 Å². The summed E-state index contributed by atoms with van der Waals surface area (Å²) in [4.78, 5) is 0. The van der Waals surface area contributed by atoms with E-state index in [2.05, 4.69) is 15.9 Å². The lowest BCUT2D eigenvalue weighted by atomic mass is 9.63. The largest absolute Gasteiger partial charge is 0.388 e. The van der Waals surface area contributed by atoms with Gasteiger partial charge >= 0.3 is 0 Å². The normalized spacial score (nSPS) is 20.2. The third-order valence-electron chi connectivity index (χ3n) is 3.59. The van der Waals surface area contributed by atoms with Gasteiger partial charge in [0, 0.05) is 16.4 Å². The molecule has 0 heterocycles. The van der Waals surface area contributed by atoms with E-state index < -0.39 is 6.10 Å². The van der Waals surface area contributed by atoms with Crippen LogP contribution in [0.15, 0.2) is 22.7 Å². The molecular formula is C12H15BrFNO. The van der Waals surface area contributed by atoms with Gasteiger partial charge < -0.3 is 10.8 Å². The van der Waals surface area contributed by atoms with Crippen LogP contribution < -0.4 is 5.73 Å². The maximum absolute atomic E-state index is 12.9. The molecule has 4 heteroatoms. The number of aliphatic hydroxyl groups excluding tert-OH is 1. The summed E-state index contributed by atoms with van der Waals surface area (Å²) in [6.45, 7) is 0.470. The van der Waals surface area contributed by atoms with E-state index in [1.165, 1.54) is 12.1 Å². The molecule has 0 aromatic heterocycles. The van der Waals surface area contributed by atoms with Crippen molar-refractivity contribution in [3.05, 3.63) is 34.1 Å². The summed E-state index contributed by atoms with van der Waals surface area (Å²) in [6, 6.07) is 4.37. The van der Waals surface area contributed by atoms with Gasteiger partial charge in [0.05, 0.1) is 6.10 Å². The topological polar surface area (TPSA) is 46.2 Å². The Balaban J connectivity index is 2.29. The maximum Gasteiger partial charge on any atom is 0.124 e. The second kappa shape index (κ2) is 4.43. The van der Waals surface area contributed by atoms with Crippen molar-refractivity contribution in [2.24, 2.45) is 11.1 Å². The summed E-state index contributed by atoms with van der Waals surface area (Å²) in [7, 11) is 0. The molecule has 0 radical (unpaired) electrons. The van der Waals surface area contributed by atoms with Crippen molar-refractivity contribution in [2.45, 2.75) is 25.4 Å². The molecule has 1 aromatic rings. The quantitative estimate of drug-likeness (QED) is 0.898. The SMILES string of the molecule is NCC1(C(O)c2ccc(F)cc2Br)CCC1. The number of rotatable bonds is 3. The average molecular weight is 288 g/mol. The number of hydrogen-bond donors (Lipinski definition) is 2. The minimum atomic E-state index is -0.610. The zero-order chi connectivity index (χ0) is 11.8.